The molecule has 2 aromatic carbocycles. The van der Waals surface area contributed by atoms with E-state index in [4.69, 9.17) is 4.74 Å². The average Bonchev–Trinajstić information content (AvgIpc) is 2.55. The van der Waals surface area contributed by atoms with E-state index < -0.39 is 0 Å². The zero-order valence-corrected chi connectivity index (χ0v) is 13.5. The SMILES string of the molecule is COc1cc(CCC(=O)N2CCC2c2ccc(F)cc2)ccc1O. The van der Waals surface area contributed by atoms with Gasteiger partial charge in [0.2, 0.25) is 5.91 Å². The third-order valence-corrected chi connectivity index (χ3v) is 4.47. The molecule has 24 heavy (non-hydrogen) atoms. The van der Waals surface area contributed by atoms with Crippen LogP contribution in [0, 0.1) is 5.82 Å². The number of aryl methyl sites for hydroxylation is 1. The van der Waals surface area contributed by atoms with Crippen LogP contribution < -0.4 is 4.74 Å². The van der Waals surface area contributed by atoms with Gasteiger partial charge in [-0.15, -0.1) is 0 Å². The molecule has 1 aliphatic rings. The molecule has 1 fully saturated rings. The van der Waals surface area contributed by atoms with Crippen LogP contribution in [0.5, 0.6) is 11.5 Å². The predicted octanol–water partition coefficient (Wildman–Crippen LogP) is 3.45. The molecule has 1 atom stereocenters. The number of ether oxygens (including phenoxy) is 1. The van der Waals surface area contributed by atoms with Gasteiger partial charge in [0, 0.05) is 13.0 Å². The van der Waals surface area contributed by atoms with Gasteiger partial charge in [-0.3, -0.25) is 4.79 Å². The van der Waals surface area contributed by atoms with Crippen molar-refractivity contribution in [3.05, 3.63) is 59.4 Å². The maximum atomic E-state index is 13.0. The molecule has 0 radical (unpaired) electrons. The fourth-order valence-corrected chi connectivity index (χ4v) is 2.99. The first-order valence-electron chi connectivity index (χ1n) is 7.99. The summed E-state index contributed by atoms with van der Waals surface area (Å²) in [6, 6.07) is 11.5. The van der Waals surface area contributed by atoms with Gasteiger partial charge in [-0.2, -0.15) is 0 Å². The number of phenols is 1. The predicted molar refractivity (Wildman–Crippen MR) is 88.5 cm³/mol. The molecule has 0 bridgehead atoms. The molecule has 0 aromatic heterocycles. The summed E-state index contributed by atoms with van der Waals surface area (Å²) < 4.78 is 18.1. The number of halogens is 1. The van der Waals surface area contributed by atoms with Crippen LogP contribution in [-0.2, 0) is 11.2 Å². The summed E-state index contributed by atoms with van der Waals surface area (Å²) >= 11 is 0. The van der Waals surface area contributed by atoms with E-state index in [1.807, 2.05) is 4.90 Å². The van der Waals surface area contributed by atoms with Gasteiger partial charge in [-0.1, -0.05) is 18.2 Å². The number of nitrogens with zero attached hydrogens (tertiary/aromatic N) is 1. The number of carbonyl (C=O) groups is 1. The average molecular weight is 329 g/mol. The molecule has 4 nitrogen and oxygen atoms in total. The van der Waals surface area contributed by atoms with Crippen LogP contribution in [0.4, 0.5) is 4.39 Å². The van der Waals surface area contributed by atoms with Crippen LogP contribution in [0.1, 0.15) is 30.0 Å². The van der Waals surface area contributed by atoms with Crippen LogP contribution in [0.25, 0.3) is 0 Å². The zero-order valence-electron chi connectivity index (χ0n) is 13.5. The minimum Gasteiger partial charge on any atom is -0.504 e. The van der Waals surface area contributed by atoms with Crippen LogP contribution >= 0.6 is 0 Å². The van der Waals surface area contributed by atoms with Crippen molar-refractivity contribution in [3.8, 4) is 11.5 Å². The standard InChI is InChI=1S/C19H20FNO3/c1-24-18-12-13(2-8-17(18)22)3-9-19(23)21-11-10-16(21)14-4-6-15(20)7-5-14/h2,4-8,12,16,22H,3,9-11H2,1H3. The van der Waals surface area contributed by atoms with Gasteiger partial charge in [-0.25, -0.2) is 4.39 Å². The van der Waals surface area contributed by atoms with Gasteiger partial charge in [0.25, 0.3) is 0 Å². The second-order valence-corrected chi connectivity index (χ2v) is 5.95. The van der Waals surface area contributed by atoms with E-state index in [1.165, 1.54) is 19.2 Å². The molecule has 0 spiro atoms. The highest BCUT2D eigenvalue weighted by molar-refractivity contribution is 5.78. The zero-order chi connectivity index (χ0) is 17.1. The molecule has 1 amide bonds. The van der Waals surface area contributed by atoms with Gasteiger partial charge in [0.1, 0.15) is 5.82 Å². The van der Waals surface area contributed by atoms with E-state index >= 15 is 0 Å². The molecule has 1 saturated heterocycles. The Morgan fingerprint density at radius 1 is 1.29 bits per heavy atom. The molecular formula is C19H20FNO3. The first-order valence-corrected chi connectivity index (χ1v) is 7.99. The maximum absolute atomic E-state index is 13.0. The second-order valence-electron chi connectivity index (χ2n) is 5.95. The number of phenolic OH excluding ortho intramolecular Hbond substituents is 1. The molecule has 1 aliphatic heterocycles. The number of hydrogen-bond donors (Lipinski definition) is 1. The van der Waals surface area contributed by atoms with Crippen molar-refractivity contribution in [1.29, 1.82) is 0 Å². The summed E-state index contributed by atoms with van der Waals surface area (Å²) in [5.74, 6) is 0.319. The van der Waals surface area contributed by atoms with Crippen LogP contribution in [0.3, 0.4) is 0 Å². The normalized spacial score (nSPS) is 16.6. The van der Waals surface area contributed by atoms with Crippen LogP contribution in [-0.4, -0.2) is 29.6 Å². The minimum absolute atomic E-state index is 0.0486. The number of likely N-dealkylation sites (tertiary alicyclic amines) is 1. The van der Waals surface area contributed by atoms with E-state index in [0.29, 0.717) is 18.6 Å². The summed E-state index contributed by atoms with van der Waals surface area (Å²) in [6.07, 6.45) is 1.89. The Morgan fingerprint density at radius 2 is 2.04 bits per heavy atom. The topological polar surface area (TPSA) is 49.8 Å². The first-order chi connectivity index (χ1) is 11.6. The number of benzene rings is 2. The van der Waals surface area contributed by atoms with Crippen LogP contribution in [0.2, 0.25) is 0 Å². The molecule has 1 heterocycles. The van der Waals surface area contributed by atoms with Crippen LogP contribution in [0.15, 0.2) is 42.5 Å². The number of aromatic hydroxyl groups is 1. The molecule has 5 heteroatoms. The largest absolute Gasteiger partial charge is 0.504 e. The number of amides is 1. The number of carbonyl (C=O) groups excluding carboxylic acids is 1. The van der Waals surface area contributed by atoms with Gasteiger partial charge in [0.15, 0.2) is 11.5 Å². The van der Waals surface area contributed by atoms with Gasteiger partial charge < -0.3 is 14.7 Å². The number of rotatable bonds is 5. The van der Waals surface area contributed by atoms with Crippen molar-refractivity contribution in [1.82, 2.24) is 4.90 Å². The lowest BCUT2D eigenvalue weighted by Gasteiger charge is -2.41. The van der Waals surface area contributed by atoms with Crippen molar-refractivity contribution in [2.75, 3.05) is 13.7 Å². The Hall–Kier alpha value is -2.56. The van der Waals surface area contributed by atoms with Crippen molar-refractivity contribution in [3.63, 3.8) is 0 Å². The molecule has 2 aromatic rings. The monoisotopic (exact) mass is 329 g/mol. The van der Waals surface area contributed by atoms with Crippen molar-refractivity contribution in [2.24, 2.45) is 0 Å². The Balaban J connectivity index is 1.60. The highest BCUT2D eigenvalue weighted by Crippen LogP contribution is 2.34. The summed E-state index contributed by atoms with van der Waals surface area (Å²) in [7, 11) is 1.50. The Morgan fingerprint density at radius 3 is 2.67 bits per heavy atom. The van der Waals surface area contributed by atoms with Gasteiger partial charge in [0.05, 0.1) is 13.2 Å². The van der Waals surface area contributed by atoms with Crippen molar-refractivity contribution < 1.29 is 19.0 Å². The maximum Gasteiger partial charge on any atom is 0.223 e. The highest BCUT2D eigenvalue weighted by Gasteiger charge is 2.32. The summed E-state index contributed by atoms with van der Waals surface area (Å²) in [4.78, 5) is 14.3. The van der Waals surface area contributed by atoms with Gasteiger partial charge in [-0.05, 0) is 48.2 Å². The third kappa shape index (κ3) is 3.35. The molecule has 0 saturated carbocycles. The van der Waals surface area contributed by atoms with E-state index in [2.05, 4.69) is 0 Å². The van der Waals surface area contributed by atoms with Gasteiger partial charge >= 0.3 is 0 Å². The smallest absolute Gasteiger partial charge is 0.223 e. The highest BCUT2D eigenvalue weighted by atomic mass is 19.1. The summed E-state index contributed by atoms with van der Waals surface area (Å²) in [5, 5.41) is 9.60. The van der Waals surface area contributed by atoms with Crippen molar-refractivity contribution >= 4 is 5.91 Å². The minimum atomic E-state index is -0.266. The van der Waals surface area contributed by atoms with E-state index in [-0.39, 0.29) is 23.5 Å². The second kappa shape index (κ2) is 6.91. The number of hydrogen-bond acceptors (Lipinski definition) is 3. The fraction of sp³-hybridized carbons (Fsp3) is 0.316. The third-order valence-electron chi connectivity index (χ3n) is 4.47. The number of methoxy groups -OCH3 is 1. The Kier molecular flexibility index (Phi) is 4.69. The quantitative estimate of drug-likeness (QED) is 0.914. The van der Waals surface area contributed by atoms with E-state index in [1.54, 1.807) is 30.3 Å². The molecular weight excluding hydrogens is 309 g/mol. The Bertz CT molecular complexity index is 730. The summed E-state index contributed by atoms with van der Waals surface area (Å²) in [6.45, 7) is 0.736. The van der Waals surface area contributed by atoms with E-state index in [9.17, 15) is 14.3 Å². The fourth-order valence-electron chi connectivity index (χ4n) is 2.99. The Labute approximate surface area is 140 Å². The molecule has 126 valence electrons. The lowest BCUT2D eigenvalue weighted by Crippen LogP contribution is -2.45. The lowest BCUT2D eigenvalue weighted by molar-refractivity contribution is -0.139. The van der Waals surface area contributed by atoms with E-state index in [0.717, 1.165) is 24.1 Å². The molecule has 3 rings (SSSR count). The lowest BCUT2D eigenvalue weighted by atomic mass is 9.94. The summed E-state index contributed by atoms with van der Waals surface area (Å²) in [5.41, 5.74) is 1.92. The van der Waals surface area contributed by atoms with Crippen molar-refractivity contribution in [2.45, 2.75) is 25.3 Å². The first kappa shape index (κ1) is 16.3. The molecule has 0 aliphatic carbocycles. The molecule has 1 unspecified atom stereocenters. The molecule has 1 N–H and O–H groups in total.